The average Bonchev–Trinajstić information content (AvgIpc) is 1.82. The van der Waals surface area contributed by atoms with Crippen molar-refractivity contribution in [3.05, 3.63) is 0 Å². The third kappa shape index (κ3) is 4.26. The third-order valence-corrected chi connectivity index (χ3v) is 1.15. The lowest BCUT2D eigenvalue weighted by Crippen LogP contribution is -2.25. The highest BCUT2D eigenvalue weighted by Gasteiger charge is 2.13. The first-order valence-corrected chi connectivity index (χ1v) is 3.15. The van der Waals surface area contributed by atoms with E-state index in [2.05, 4.69) is 5.73 Å². The number of aliphatic hydroxyl groups excluding tert-OH is 1. The summed E-state index contributed by atoms with van der Waals surface area (Å²) in [7, 11) is 0. The van der Waals surface area contributed by atoms with Gasteiger partial charge in [0.05, 0.1) is 6.10 Å². The third-order valence-electron chi connectivity index (χ3n) is 1.15. The molecule has 3 N–H and O–H groups in total. The maximum Gasteiger partial charge on any atom is 0.251 e. The Morgan fingerprint density at radius 3 is 2.50 bits per heavy atom. The van der Waals surface area contributed by atoms with Crippen molar-refractivity contribution >= 4 is 5.91 Å². The maximum atomic E-state index is 12.3. The van der Waals surface area contributed by atoms with Crippen molar-refractivity contribution in [3.63, 3.8) is 0 Å². The number of primary amides is 1. The molecule has 10 heavy (non-hydrogen) atoms. The van der Waals surface area contributed by atoms with Gasteiger partial charge in [-0.25, -0.2) is 4.39 Å². The van der Waals surface area contributed by atoms with Gasteiger partial charge in [-0.05, 0) is 19.8 Å². The highest BCUT2D eigenvalue weighted by molar-refractivity contribution is 5.78. The summed E-state index contributed by atoms with van der Waals surface area (Å²) in [6, 6.07) is 0. The van der Waals surface area contributed by atoms with Gasteiger partial charge in [-0.15, -0.1) is 0 Å². The van der Waals surface area contributed by atoms with E-state index in [1.54, 1.807) is 0 Å². The SMILES string of the molecule is CC(O)CCC(F)C(N)=O. The topological polar surface area (TPSA) is 63.3 Å². The van der Waals surface area contributed by atoms with Crippen LogP contribution in [0.25, 0.3) is 0 Å². The predicted molar refractivity (Wildman–Crippen MR) is 35.0 cm³/mol. The van der Waals surface area contributed by atoms with Gasteiger partial charge in [-0.3, -0.25) is 4.79 Å². The van der Waals surface area contributed by atoms with Crippen molar-refractivity contribution in [1.29, 1.82) is 0 Å². The number of carbonyl (C=O) groups is 1. The van der Waals surface area contributed by atoms with Crippen molar-refractivity contribution in [3.8, 4) is 0 Å². The van der Waals surface area contributed by atoms with E-state index in [4.69, 9.17) is 5.11 Å². The Morgan fingerprint density at radius 1 is 1.70 bits per heavy atom. The molecule has 3 nitrogen and oxygen atoms in total. The molecule has 0 saturated carbocycles. The van der Waals surface area contributed by atoms with E-state index in [1.165, 1.54) is 6.92 Å². The fraction of sp³-hybridized carbons (Fsp3) is 0.833. The Labute approximate surface area is 59.0 Å². The van der Waals surface area contributed by atoms with Crippen LogP contribution >= 0.6 is 0 Å². The minimum Gasteiger partial charge on any atom is -0.393 e. The molecule has 0 aromatic heterocycles. The molecule has 0 aliphatic rings. The molecule has 0 aliphatic carbocycles. The number of alkyl halides is 1. The lowest BCUT2D eigenvalue weighted by Gasteiger charge is -2.04. The van der Waals surface area contributed by atoms with Crippen molar-refractivity contribution in [2.75, 3.05) is 0 Å². The summed E-state index contributed by atoms with van der Waals surface area (Å²) < 4.78 is 12.3. The van der Waals surface area contributed by atoms with Gasteiger partial charge in [-0.2, -0.15) is 0 Å². The molecule has 0 heterocycles. The van der Waals surface area contributed by atoms with Crippen LogP contribution in [0.1, 0.15) is 19.8 Å². The number of nitrogens with two attached hydrogens (primary N) is 1. The molecule has 0 aromatic carbocycles. The summed E-state index contributed by atoms with van der Waals surface area (Å²) in [4.78, 5) is 10.1. The number of hydrogen-bond donors (Lipinski definition) is 2. The van der Waals surface area contributed by atoms with E-state index in [1.807, 2.05) is 0 Å². The first-order chi connectivity index (χ1) is 4.54. The van der Waals surface area contributed by atoms with Gasteiger partial charge < -0.3 is 10.8 Å². The van der Waals surface area contributed by atoms with Crippen LogP contribution in [-0.4, -0.2) is 23.3 Å². The second-order valence-corrected chi connectivity index (χ2v) is 2.30. The summed E-state index contributed by atoms with van der Waals surface area (Å²) in [5.41, 5.74) is 4.63. The first-order valence-electron chi connectivity index (χ1n) is 3.15. The fourth-order valence-corrected chi connectivity index (χ4v) is 0.530. The van der Waals surface area contributed by atoms with E-state index >= 15 is 0 Å². The van der Waals surface area contributed by atoms with Crippen LogP contribution in [-0.2, 0) is 4.79 Å². The molecule has 1 amide bonds. The zero-order valence-electron chi connectivity index (χ0n) is 5.88. The predicted octanol–water partition coefficient (Wildman–Crippen LogP) is -0.0292. The second kappa shape index (κ2) is 4.22. The minimum absolute atomic E-state index is 0.00694. The fourth-order valence-electron chi connectivity index (χ4n) is 0.530. The molecule has 2 atom stereocenters. The van der Waals surface area contributed by atoms with Gasteiger partial charge in [-0.1, -0.05) is 0 Å². The summed E-state index contributed by atoms with van der Waals surface area (Å²) in [6.45, 7) is 1.54. The molecule has 0 saturated heterocycles. The molecule has 0 radical (unpaired) electrons. The summed E-state index contributed by atoms with van der Waals surface area (Å²) in [5.74, 6) is -0.958. The van der Waals surface area contributed by atoms with Gasteiger partial charge in [0.25, 0.3) is 5.91 Å². The standard InChI is InChI=1S/C6H12FNO2/c1-4(9)2-3-5(7)6(8)10/h4-5,9H,2-3H2,1H3,(H2,8,10). The quantitative estimate of drug-likeness (QED) is 0.589. The molecular weight excluding hydrogens is 137 g/mol. The van der Waals surface area contributed by atoms with Crippen molar-refractivity contribution in [2.24, 2.45) is 5.73 Å². The lowest BCUT2D eigenvalue weighted by atomic mass is 10.1. The number of rotatable bonds is 4. The van der Waals surface area contributed by atoms with E-state index < -0.39 is 18.2 Å². The average molecular weight is 149 g/mol. The molecule has 4 heteroatoms. The highest BCUT2D eigenvalue weighted by Crippen LogP contribution is 2.03. The Hall–Kier alpha value is -0.640. The smallest absolute Gasteiger partial charge is 0.251 e. The van der Waals surface area contributed by atoms with Crippen LogP contribution in [0.4, 0.5) is 4.39 Å². The molecule has 60 valence electrons. The lowest BCUT2D eigenvalue weighted by molar-refractivity contribution is -0.123. The number of aliphatic hydroxyl groups is 1. The minimum atomic E-state index is -1.62. The van der Waals surface area contributed by atoms with Crippen LogP contribution in [0.5, 0.6) is 0 Å². The van der Waals surface area contributed by atoms with Crippen molar-refractivity contribution in [1.82, 2.24) is 0 Å². The molecule has 0 fully saturated rings. The van der Waals surface area contributed by atoms with E-state index in [-0.39, 0.29) is 12.8 Å². The molecule has 0 spiro atoms. The Kier molecular flexibility index (Phi) is 3.95. The molecule has 0 aliphatic heterocycles. The van der Waals surface area contributed by atoms with Crippen LogP contribution in [0.2, 0.25) is 0 Å². The highest BCUT2D eigenvalue weighted by atomic mass is 19.1. The van der Waals surface area contributed by atoms with E-state index in [9.17, 15) is 9.18 Å². The Bertz CT molecular complexity index is 116. The molecule has 2 unspecified atom stereocenters. The summed E-state index contributed by atoms with van der Waals surface area (Å²) >= 11 is 0. The largest absolute Gasteiger partial charge is 0.393 e. The molecule has 0 rings (SSSR count). The van der Waals surface area contributed by atoms with Gasteiger partial charge in [0.2, 0.25) is 0 Å². The zero-order chi connectivity index (χ0) is 8.15. The summed E-state index contributed by atoms with van der Waals surface area (Å²) in [6.07, 6.45) is -1.91. The van der Waals surface area contributed by atoms with Gasteiger partial charge in [0, 0.05) is 0 Å². The normalized spacial score (nSPS) is 16.3. The summed E-state index contributed by atoms with van der Waals surface area (Å²) in [5, 5.41) is 8.66. The Balaban J connectivity index is 3.40. The van der Waals surface area contributed by atoms with Crippen LogP contribution in [0.3, 0.4) is 0 Å². The van der Waals surface area contributed by atoms with E-state index in [0.29, 0.717) is 0 Å². The Morgan fingerprint density at radius 2 is 2.20 bits per heavy atom. The zero-order valence-corrected chi connectivity index (χ0v) is 5.88. The number of halogens is 1. The first kappa shape index (κ1) is 9.36. The molecule has 0 aromatic rings. The van der Waals surface area contributed by atoms with Crippen LogP contribution in [0.15, 0.2) is 0 Å². The van der Waals surface area contributed by atoms with Gasteiger partial charge in [0.15, 0.2) is 6.17 Å². The monoisotopic (exact) mass is 149 g/mol. The van der Waals surface area contributed by atoms with Crippen LogP contribution in [0, 0.1) is 0 Å². The van der Waals surface area contributed by atoms with Crippen LogP contribution < -0.4 is 5.73 Å². The van der Waals surface area contributed by atoms with Gasteiger partial charge >= 0.3 is 0 Å². The van der Waals surface area contributed by atoms with Gasteiger partial charge in [0.1, 0.15) is 0 Å². The molecular formula is C6H12FNO2. The maximum absolute atomic E-state index is 12.3. The number of carbonyl (C=O) groups excluding carboxylic acids is 1. The second-order valence-electron chi connectivity index (χ2n) is 2.30. The van der Waals surface area contributed by atoms with Crippen molar-refractivity contribution in [2.45, 2.75) is 32.0 Å². The number of amides is 1. The number of hydrogen-bond acceptors (Lipinski definition) is 2. The molecule has 0 bridgehead atoms. The van der Waals surface area contributed by atoms with E-state index in [0.717, 1.165) is 0 Å². The van der Waals surface area contributed by atoms with Crippen molar-refractivity contribution < 1.29 is 14.3 Å².